The van der Waals surface area contributed by atoms with E-state index in [2.05, 4.69) is 26.1 Å². The lowest BCUT2D eigenvalue weighted by atomic mass is 9.87. The number of sulfonamides is 1. The third-order valence-corrected chi connectivity index (χ3v) is 8.11. The maximum absolute atomic E-state index is 13.5. The van der Waals surface area contributed by atoms with E-state index in [1.54, 1.807) is 36.4 Å². The second kappa shape index (κ2) is 10.6. The molecule has 0 saturated carbocycles. The van der Waals surface area contributed by atoms with Crippen molar-refractivity contribution in [3.05, 3.63) is 82.9 Å². The van der Waals surface area contributed by atoms with Crippen LogP contribution in [0.1, 0.15) is 31.9 Å². The van der Waals surface area contributed by atoms with Gasteiger partial charge in [-0.25, -0.2) is 8.42 Å². The van der Waals surface area contributed by atoms with Gasteiger partial charge in [0.05, 0.1) is 23.7 Å². The Labute approximate surface area is 223 Å². The average Bonchev–Trinajstić information content (AvgIpc) is 2.85. The van der Waals surface area contributed by atoms with Gasteiger partial charge in [-0.05, 0) is 60.4 Å². The smallest absolute Gasteiger partial charge is 0.264 e. The van der Waals surface area contributed by atoms with Gasteiger partial charge in [0.1, 0.15) is 18.1 Å². The zero-order valence-corrected chi connectivity index (χ0v) is 22.9. The summed E-state index contributed by atoms with van der Waals surface area (Å²) < 4.78 is 39.8. The number of halogens is 1. The predicted molar refractivity (Wildman–Crippen MR) is 145 cm³/mol. The molecule has 0 saturated heterocycles. The minimum absolute atomic E-state index is 0.0528. The maximum Gasteiger partial charge on any atom is 0.264 e. The Hall–Kier alpha value is -3.23. The number of amides is 1. The Bertz CT molecular complexity index is 1370. The van der Waals surface area contributed by atoms with Gasteiger partial charge >= 0.3 is 0 Å². The van der Waals surface area contributed by atoms with Gasteiger partial charge in [0.25, 0.3) is 15.9 Å². The molecule has 196 valence electrons. The molecule has 37 heavy (non-hydrogen) atoms. The lowest BCUT2D eigenvalue weighted by molar-refractivity contribution is -0.127. The molecule has 1 aliphatic heterocycles. The summed E-state index contributed by atoms with van der Waals surface area (Å²) in [5.74, 6) is 0.537. The van der Waals surface area contributed by atoms with Crippen molar-refractivity contribution < 1.29 is 22.7 Å². The highest BCUT2D eigenvalue weighted by molar-refractivity contribution is 7.92. The van der Waals surface area contributed by atoms with Crippen molar-refractivity contribution in [2.24, 2.45) is 0 Å². The first-order chi connectivity index (χ1) is 17.4. The number of nitrogens with zero attached hydrogens (tertiary/aromatic N) is 1. The molecule has 1 N–H and O–H groups in total. The number of rotatable bonds is 7. The molecular formula is C28H31ClN2O5S. The van der Waals surface area contributed by atoms with Crippen molar-refractivity contribution in [3.8, 4) is 11.5 Å². The predicted octanol–water partition coefficient (Wildman–Crippen LogP) is 5.10. The van der Waals surface area contributed by atoms with Crippen molar-refractivity contribution in [1.82, 2.24) is 5.32 Å². The molecule has 1 atom stereocenters. The van der Waals surface area contributed by atoms with Gasteiger partial charge in [-0.2, -0.15) is 0 Å². The van der Waals surface area contributed by atoms with Gasteiger partial charge in [-0.1, -0.05) is 62.2 Å². The number of carbonyl (C=O) groups excluding carboxylic acids is 1. The number of nitrogens with one attached hydrogen (secondary N) is 1. The van der Waals surface area contributed by atoms with Crippen LogP contribution < -0.4 is 19.1 Å². The number of benzene rings is 3. The Morgan fingerprint density at radius 3 is 2.41 bits per heavy atom. The molecule has 0 bridgehead atoms. The Morgan fingerprint density at radius 1 is 1.08 bits per heavy atom. The van der Waals surface area contributed by atoms with Gasteiger partial charge in [0.15, 0.2) is 6.10 Å². The third kappa shape index (κ3) is 6.19. The normalized spacial score (nSPS) is 15.5. The quantitative estimate of drug-likeness (QED) is 0.420. The number of fused-ring (bicyclic) bond motifs is 1. The van der Waals surface area contributed by atoms with Crippen LogP contribution in [0.4, 0.5) is 5.69 Å². The molecule has 3 aromatic carbocycles. The molecule has 0 fully saturated rings. The fourth-order valence-corrected chi connectivity index (χ4v) is 5.57. The molecule has 9 heteroatoms. The van der Waals surface area contributed by atoms with Crippen LogP contribution in [0.2, 0.25) is 5.02 Å². The van der Waals surface area contributed by atoms with Crippen LogP contribution >= 0.6 is 11.6 Å². The van der Waals surface area contributed by atoms with E-state index >= 15 is 0 Å². The zero-order chi connectivity index (χ0) is 26.8. The number of anilines is 1. The average molecular weight is 543 g/mol. The Morgan fingerprint density at radius 2 is 1.76 bits per heavy atom. The summed E-state index contributed by atoms with van der Waals surface area (Å²) in [5.41, 5.74) is 2.49. The molecule has 7 nitrogen and oxygen atoms in total. The van der Waals surface area contributed by atoms with Crippen molar-refractivity contribution >= 4 is 33.2 Å². The van der Waals surface area contributed by atoms with E-state index in [9.17, 15) is 13.2 Å². The molecular weight excluding hydrogens is 512 g/mol. The van der Waals surface area contributed by atoms with Crippen LogP contribution in [-0.2, 0) is 20.2 Å². The fraction of sp³-hybridized carbons (Fsp3) is 0.321. The number of aryl methyl sites for hydroxylation is 1. The highest BCUT2D eigenvalue weighted by Gasteiger charge is 2.37. The molecule has 1 heterocycles. The van der Waals surface area contributed by atoms with E-state index in [0.29, 0.717) is 16.5 Å². The van der Waals surface area contributed by atoms with Crippen molar-refractivity contribution in [2.75, 3.05) is 24.0 Å². The molecule has 4 rings (SSSR count). The molecule has 0 aliphatic carbocycles. The van der Waals surface area contributed by atoms with Crippen molar-refractivity contribution in [3.63, 3.8) is 0 Å². The summed E-state index contributed by atoms with van der Waals surface area (Å²) in [7, 11) is -3.96. The van der Waals surface area contributed by atoms with E-state index in [1.165, 1.54) is 15.9 Å². The first-order valence-electron chi connectivity index (χ1n) is 12.0. The van der Waals surface area contributed by atoms with Gasteiger partial charge in [-0.3, -0.25) is 9.10 Å². The molecule has 0 spiro atoms. The lowest BCUT2D eigenvalue weighted by Gasteiger charge is -2.34. The van der Waals surface area contributed by atoms with Crippen LogP contribution in [0, 0.1) is 6.92 Å². The van der Waals surface area contributed by atoms with Crippen LogP contribution in [0.5, 0.6) is 11.5 Å². The number of ether oxygens (including phenoxy) is 2. The minimum atomic E-state index is -3.96. The zero-order valence-electron chi connectivity index (χ0n) is 21.3. The molecule has 1 amide bonds. The number of hydrogen-bond donors (Lipinski definition) is 1. The van der Waals surface area contributed by atoms with E-state index < -0.39 is 22.0 Å². The number of hydrogen-bond acceptors (Lipinski definition) is 5. The van der Waals surface area contributed by atoms with E-state index in [-0.39, 0.29) is 35.8 Å². The maximum atomic E-state index is 13.5. The second-order valence-corrected chi connectivity index (χ2v) is 12.3. The second-order valence-electron chi connectivity index (χ2n) is 9.98. The standard InChI is InChI=1S/C28H31ClN2O5S/c1-19-5-12-23(13-6-19)37(33,34)31-18-26(36-25-14-9-21(29)17-24(25)31)27(32)30-15-16-35-22-10-7-20(8-11-22)28(2,3)4/h5-14,17,26H,15-16,18H2,1-4H3,(H,30,32)/t26-/m0/s1. The van der Waals surface area contributed by atoms with E-state index in [1.807, 2.05) is 31.2 Å². The van der Waals surface area contributed by atoms with E-state index in [0.717, 1.165) is 5.56 Å². The summed E-state index contributed by atoms with van der Waals surface area (Å²) >= 11 is 6.15. The Kier molecular flexibility index (Phi) is 7.71. The fourth-order valence-electron chi connectivity index (χ4n) is 3.93. The van der Waals surface area contributed by atoms with Crippen LogP contribution in [0.3, 0.4) is 0 Å². The van der Waals surface area contributed by atoms with Crippen molar-refractivity contribution in [1.29, 1.82) is 0 Å². The van der Waals surface area contributed by atoms with Crippen molar-refractivity contribution in [2.45, 2.75) is 44.1 Å². The molecule has 1 aliphatic rings. The molecule has 3 aromatic rings. The van der Waals surface area contributed by atoms with Gasteiger partial charge < -0.3 is 14.8 Å². The van der Waals surface area contributed by atoms with E-state index in [4.69, 9.17) is 21.1 Å². The molecule has 0 aromatic heterocycles. The van der Waals surface area contributed by atoms with Gasteiger partial charge in [0.2, 0.25) is 0 Å². The summed E-state index contributed by atoms with van der Waals surface area (Å²) in [6.45, 7) is 8.61. The topological polar surface area (TPSA) is 84.9 Å². The Balaban J connectivity index is 1.43. The highest BCUT2D eigenvalue weighted by atomic mass is 35.5. The SMILES string of the molecule is Cc1ccc(S(=O)(=O)N2C[C@@H](C(=O)NCCOc3ccc(C(C)(C)C)cc3)Oc3ccc(Cl)cc32)cc1. The highest BCUT2D eigenvalue weighted by Crippen LogP contribution is 2.39. The lowest BCUT2D eigenvalue weighted by Crippen LogP contribution is -2.51. The summed E-state index contributed by atoms with van der Waals surface area (Å²) in [5, 5.41) is 3.15. The van der Waals surface area contributed by atoms with Crippen LogP contribution in [-0.4, -0.2) is 40.1 Å². The summed E-state index contributed by atoms with van der Waals surface area (Å²) in [4.78, 5) is 13.1. The first kappa shape index (κ1) is 26.8. The first-order valence-corrected chi connectivity index (χ1v) is 13.8. The van der Waals surface area contributed by atoms with Gasteiger partial charge in [0, 0.05) is 5.02 Å². The monoisotopic (exact) mass is 542 g/mol. The summed E-state index contributed by atoms with van der Waals surface area (Å²) in [6, 6.07) is 19.1. The van der Waals surface area contributed by atoms with Crippen LogP contribution in [0.25, 0.3) is 0 Å². The molecule has 0 unspecified atom stereocenters. The largest absolute Gasteiger partial charge is 0.492 e. The third-order valence-electron chi connectivity index (χ3n) is 6.08. The van der Waals surface area contributed by atoms with Gasteiger partial charge in [-0.15, -0.1) is 0 Å². The molecule has 0 radical (unpaired) electrons. The minimum Gasteiger partial charge on any atom is -0.492 e. The summed E-state index contributed by atoms with van der Waals surface area (Å²) in [6.07, 6.45) is -1.04. The van der Waals surface area contributed by atoms with Crippen LogP contribution in [0.15, 0.2) is 71.6 Å². The number of carbonyl (C=O) groups is 1.